The molecule has 1 unspecified atom stereocenters. The summed E-state index contributed by atoms with van der Waals surface area (Å²) in [7, 11) is 0. The van der Waals surface area contributed by atoms with Crippen LogP contribution in [0.4, 0.5) is 0 Å². The fourth-order valence-electron chi connectivity index (χ4n) is 3.08. The monoisotopic (exact) mass is 265 g/mol. The van der Waals surface area contributed by atoms with Crippen LogP contribution in [0.3, 0.4) is 0 Å². The van der Waals surface area contributed by atoms with E-state index in [0.29, 0.717) is 0 Å². The molecule has 1 saturated carbocycles. The molecule has 0 saturated heterocycles. The van der Waals surface area contributed by atoms with E-state index in [4.69, 9.17) is 17.3 Å². The Morgan fingerprint density at radius 2 is 1.89 bits per heavy atom. The summed E-state index contributed by atoms with van der Waals surface area (Å²) in [6.07, 6.45) is 10.5. The molecule has 1 aliphatic rings. The summed E-state index contributed by atoms with van der Waals surface area (Å²) in [4.78, 5) is 0. The standard InChI is InChI=1S/C16H24ClN/c17-15-9-5-8-14(10-15)12-16(18)11-13-6-3-1-2-4-7-13/h5,8-10,13,16H,1-4,6-7,11-12,18H2. The van der Waals surface area contributed by atoms with Gasteiger partial charge in [0.2, 0.25) is 0 Å². The largest absolute Gasteiger partial charge is 0.327 e. The fourth-order valence-corrected chi connectivity index (χ4v) is 3.29. The molecule has 2 rings (SSSR count). The molecule has 100 valence electrons. The molecule has 0 radical (unpaired) electrons. The van der Waals surface area contributed by atoms with Crippen molar-refractivity contribution in [3.05, 3.63) is 34.9 Å². The number of hydrogen-bond donors (Lipinski definition) is 1. The molecule has 0 heterocycles. The third-order valence-electron chi connectivity index (χ3n) is 4.00. The molecule has 0 aromatic heterocycles. The second-order valence-corrected chi connectivity index (χ2v) is 6.12. The Balaban J connectivity index is 1.82. The van der Waals surface area contributed by atoms with Crippen molar-refractivity contribution in [3.63, 3.8) is 0 Å². The van der Waals surface area contributed by atoms with Crippen molar-refractivity contribution in [1.82, 2.24) is 0 Å². The van der Waals surface area contributed by atoms with Crippen LogP contribution in [0.5, 0.6) is 0 Å². The van der Waals surface area contributed by atoms with E-state index in [1.54, 1.807) is 0 Å². The van der Waals surface area contributed by atoms with E-state index >= 15 is 0 Å². The van der Waals surface area contributed by atoms with E-state index in [0.717, 1.165) is 17.4 Å². The van der Waals surface area contributed by atoms with E-state index in [2.05, 4.69) is 6.07 Å². The molecule has 1 aromatic rings. The van der Waals surface area contributed by atoms with Gasteiger partial charge in [0.15, 0.2) is 0 Å². The zero-order chi connectivity index (χ0) is 12.8. The maximum absolute atomic E-state index is 6.29. The van der Waals surface area contributed by atoms with E-state index in [9.17, 15) is 0 Å². The molecule has 18 heavy (non-hydrogen) atoms. The van der Waals surface area contributed by atoms with Gasteiger partial charge in [-0.05, 0) is 36.5 Å². The summed E-state index contributed by atoms with van der Waals surface area (Å²) in [6.45, 7) is 0. The van der Waals surface area contributed by atoms with Crippen LogP contribution in [-0.4, -0.2) is 6.04 Å². The molecule has 1 aromatic carbocycles. The van der Waals surface area contributed by atoms with Gasteiger partial charge in [0, 0.05) is 11.1 Å². The van der Waals surface area contributed by atoms with E-state index in [1.165, 1.54) is 50.5 Å². The minimum atomic E-state index is 0.284. The average Bonchev–Trinajstić information content (AvgIpc) is 2.57. The zero-order valence-electron chi connectivity index (χ0n) is 11.1. The summed E-state index contributed by atoms with van der Waals surface area (Å²) in [5.41, 5.74) is 7.56. The van der Waals surface area contributed by atoms with Crippen LogP contribution in [0.15, 0.2) is 24.3 Å². The third kappa shape index (κ3) is 4.62. The highest BCUT2D eigenvalue weighted by Gasteiger charge is 2.16. The molecule has 1 nitrogen and oxygen atoms in total. The van der Waals surface area contributed by atoms with Gasteiger partial charge in [-0.3, -0.25) is 0 Å². The molecule has 1 aliphatic carbocycles. The smallest absolute Gasteiger partial charge is 0.0408 e. The highest BCUT2D eigenvalue weighted by Crippen LogP contribution is 2.26. The quantitative estimate of drug-likeness (QED) is 0.793. The van der Waals surface area contributed by atoms with Gasteiger partial charge in [0.1, 0.15) is 0 Å². The van der Waals surface area contributed by atoms with E-state index in [1.807, 2.05) is 18.2 Å². The first-order valence-electron chi connectivity index (χ1n) is 7.24. The lowest BCUT2D eigenvalue weighted by atomic mass is 9.90. The minimum Gasteiger partial charge on any atom is -0.327 e. The first kappa shape index (κ1) is 13.9. The molecule has 1 atom stereocenters. The van der Waals surface area contributed by atoms with Crippen molar-refractivity contribution in [2.24, 2.45) is 11.7 Å². The van der Waals surface area contributed by atoms with Gasteiger partial charge < -0.3 is 5.73 Å². The van der Waals surface area contributed by atoms with Crippen LogP contribution < -0.4 is 5.73 Å². The average molecular weight is 266 g/mol. The van der Waals surface area contributed by atoms with Gasteiger partial charge in [0.25, 0.3) is 0 Å². The van der Waals surface area contributed by atoms with Gasteiger partial charge in [-0.15, -0.1) is 0 Å². The van der Waals surface area contributed by atoms with Gasteiger partial charge in [-0.1, -0.05) is 62.3 Å². The number of rotatable bonds is 4. The summed E-state index contributed by atoms with van der Waals surface area (Å²) in [6, 6.07) is 8.37. The lowest BCUT2D eigenvalue weighted by Crippen LogP contribution is -2.26. The highest BCUT2D eigenvalue weighted by atomic mass is 35.5. The highest BCUT2D eigenvalue weighted by molar-refractivity contribution is 6.30. The molecule has 0 bridgehead atoms. The molecular formula is C16H24ClN. The second-order valence-electron chi connectivity index (χ2n) is 5.69. The van der Waals surface area contributed by atoms with Gasteiger partial charge in [0.05, 0.1) is 0 Å². The maximum Gasteiger partial charge on any atom is 0.0408 e. The Morgan fingerprint density at radius 1 is 1.17 bits per heavy atom. The normalized spacial score (nSPS) is 19.4. The molecule has 1 fully saturated rings. The van der Waals surface area contributed by atoms with Crippen LogP contribution in [0.2, 0.25) is 5.02 Å². The van der Waals surface area contributed by atoms with Crippen molar-refractivity contribution >= 4 is 11.6 Å². The number of nitrogens with two attached hydrogens (primary N) is 1. The molecule has 2 N–H and O–H groups in total. The predicted molar refractivity (Wildman–Crippen MR) is 78.9 cm³/mol. The van der Waals surface area contributed by atoms with Crippen molar-refractivity contribution in [1.29, 1.82) is 0 Å². The van der Waals surface area contributed by atoms with Crippen molar-refractivity contribution < 1.29 is 0 Å². The van der Waals surface area contributed by atoms with Crippen LogP contribution >= 0.6 is 11.6 Å². The fraction of sp³-hybridized carbons (Fsp3) is 0.625. The predicted octanol–water partition coefficient (Wildman–Crippen LogP) is 4.57. The van der Waals surface area contributed by atoms with Crippen LogP contribution in [0.25, 0.3) is 0 Å². The lowest BCUT2D eigenvalue weighted by molar-refractivity contribution is 0.387. The van der Waals surface area contributed by atoms with Crippen LogP contribution in [-0.2, 0) is 6.42 Å². The SMILES string of the molecule is NC(Cc1cccc(Cl)c1)CC1CCCCCC1. The van der Waals surface area contributed by atoms with E-state index < -0.39 is 0 Å². The Hall–Kier alpha value is -0.530. The number of halogens is 1. The Morgan fingerprint density at radius 3 is 2.56 bits per heavy atom. The Labute approximate surface area is 116 Å². The topological polar surface area (TPSA) is 26.0 Å². The lowest BCUT2D eigenvalue weighted by Gasteiger charge is -2.19. The molecular weight excluding hydrogens is 242 g/mol. The first-order valence-corrected chi connectivity index (χ1v) is 7.62. The molecule has 2 heteroatoms. The molecule has 0 spiro atoms. The maximum atomic E-state index is 6.29. The van der Waals surface area contributed by atoms with Crippen LogP contribution in [0.1, 0.15) is 50.5 Å². The van der Waals surface area contributed by atoms with Crippen molar-refractivity contribution in [2.75, 3.05) is 0 Å². The summed E-state index contributed by atoms with van der Waals surface area (Å²) in [5, 5.41) is 0.814. The number of benzene rings is 1. The summed E-state index contributed by atoms with van der Waals surface area (Å²) < 4.78 is 0. The minimum absolute atomic E-state index is 0.284. The second kappa shape index (κ2) is 7.16. The molecule has 0 aliphatic heterocycles. The van der Waals surface area contributed by atoms with E-state index in [-0.39, 0.29) is 6.04 Å². The Bertz CT molecular complexity index is 356. The number of hydrogen-bond acceptors (Lipinski definition) is 1. The van der Waals surface area contributed by atoms with Crippen molar-refractivity contribution in [2.45, 2.75) is 57.4 Å². The van der Waals surface area contributed by atoms with Gasteiger partial charge >= 0.3 is 0 Å². The van der Waals surface area contributed by atoms with Crippen LogP contribution in [0, 0.1) is 5.92 Å². The molecule has 0 amide bonds. The zero-order valence-corrected chi connectivity index (χ0v) is 11.8. The van der Waals surface area contributed by atoms with Gasteiger partial charge in [-0.25, -0.2) is 0 Å². The summed E-state index contributed by atoms with van der Waals surface area (Å²) in [5.74, 6) is 0.849. The Kier molecular flexibility index (Phi) is 5.52. The summed E-state index contributed by atoms with van der Waals surface area (Å²) >= 11 is 6.00. The first-order chi connectivity index (χ1) is 8.74. The van der Waals surface area contributed by atoms with Gasteiger partial charge in [-0.2, -0.15) is 0 Å². The third-order valence-corrected chi connectivity index (χ3v) is 4.23. The van der Waals surface area contributed by atoms with Crippen molar-refractivity contribution in [3.8, 4) is 0 Å².